The van der Waals surface area contributed by atoms with Crippen LogP contribution in [0.1, 0.15) is 23.8 Å². The molecule has 0 radical (unpaired) electrons. The molecule has 0 bridgehead atoms. The average molecular weight is 197 g/mol. The van der Waals surface area contributed by atoms with E-state index in [-0.39, 0.29) is 5.91 Å². The van der Waals surface area contributed by atoms with Crippen LogP contribution in [0.25, 0.3) is 0 Å². The molecule has 1 aromatic rings. The van der Waals surface area contributed by atoms with E-state index in [2.05, 4.69) is 26.0 Å². The van der Waals surface area contributed by atoms with Gasteiger partial charge in [0.15, 0.2) is 5.69 Å². The number of hydrogen-bond acceptors (Lipinski definition) is 4. The highest BCUT2D eigenvalue weighted by molar-refractivity contribution is 5.91. The second-order valence-electron chi connectivity index (χ2n) is 2.82. The molecule has 0 aliphatic heterocycles. The van der Waals surface area contributed by atoms with E-state index in [1.807, 2.05) is 6.92 Å². The molecule has 0 spiro atoms. The van der Waals surface area contributed by atoms with E-state index in [1.54, 1.807) is 0 Å². The number of H-pyrrole nitrogens is 1. The molecule has 0 aliphatic carbocycles. The van der Waals surface area contributed by atoms with Crippen LogP contribution in [0.4, 0.5) is 0 Å². The number of amides is 1. The van der Waals surface area contributed by atoms with E-state index in [0.717, 1.165) is 19.5 Å². The van der Waals surface area contributed by atoms with E-state index in [1.165, 1.54) is 6.20 Å². The van der Waals surface area contributed by atoms with Gasteiger partial charge in [0.2, 0.25) is 0 Å². The van der Waals surface area contributed by atoms with Crippen LogP contribution in [0.15, 0.2) is 6.20 Å². The normalized spacial score (nSPS) is 10.1. The van der Waals surface area contributed by atoms with Gasteiger partial charge in [-0.3, -0.25) is 4.79 Å². The molecule has 6 heteroatoms. The monoisotopic (exact) mass is 197 g/mol. The number of carbonyl (C=O) groups excluding carboxylic acids is 1. The zero-order chi connectivity index (χ0) is 10.2. The lowest BCUT2D eigenvalue weighted by molar-refractivity contribution is 0.0948. The molecular formula is C8H15N5O. The molecular weight excluding hydrogens is 182 g/mol. The van der Waals surface area contributed by atoms with Crippen molar-refractivity contribution in [2.24, 2.45) is 0 Å². The van der Waals surface area contributed by atoms with Crippen molar-refractivity contribution in [3.63, 3.8) is 0 Å². The van der Waals surface area contributed by atoms with E-state index in [0.29, 0.717) is 12.2 Å². The van der Waals surface area contributed by atoms with Crippen molar-refractivity contribution in [2.45, 2.75) is 13.3 Å². The minimum atomic E-state index is -0.185. The van der Waals surface area contributed by atoms with E-state index in [4.69, 9.17) is 0 Å². The van der Waals surface area contributed by atoms with Crippen molar-refractivity contribution >= 4 is 5.91 Å². The fourth-order valence-electron chi connectivity index (χ4n) is 0.994. The third-order valence-electron chi connectivity index (χ3n) is 1.71. The van der Waals surface area contributed by atoms with Gasteiger partial charge in [-0.1, -0.05) is 6.92 Å². The van der Waals surface area contributed by atoms with Crippen LogP contribution < -0.4 is 10.6 Å². The Hall–Kier alpha value is -1.43. The molecule has 0 saturated heterocycles. The third kappa shape index (κ3) is 3.53. The first-order valence-corrected chi connectivity index (χ1v) is 4.69. The third-order valence-corrected chi connectivity index (χ3v) is 1.71. The summed E-state index contributed by atoms with van der Waals surface area (Å²) in [6.45, 7) is 4.57. The zero-order valence-corrected chi connectivity index (χ0v) is 8.21. The topological polar surface area (TPSA) is 82.7 Å². The van der Waals surface area contributed by atoms with Crippen molar-refractivity contribution in [3.8, 4) is 0 Å². The van der Waals surface area contributed by atoms with E-state index < -0.39 is 0 Å². The molecule has 0 unspecified atom stereocenters. The molecule has 0 aliphatic rings. The predicted molar refractivity (Wildman–Crippen MR) is 51.9 cm³/mol. The smallest absolute Gasteiger partial charge is 0.273 e. The summed E-state index contributed by atoms with van der Waals surface area (Å²) in [5, 5.41) is 15.5. The van der Waals surface area contributed by atoms with Crippen molar-refractivity contribution in [1.29, 1.82) is 0 Å². The number of nitrogens with one attached hydrogen (secondary N) is 3. The molecule has 1 rings (SSSR count). The summed E-state index contributed by atoms with van der Waals surface area (Å²) in [5.41, 5.74) is 0.327. The van der Waals surface area contributed by atoms with Gasteiger partial charge in [0.1, 0.15) is 0 Å². The first-order valence-electron chi connectivity index (χ1n) is 4.69. The molecule has 0 saturated carbocycles. The summed E-state index contributed by atoms with van der Waals surface area (Å²) in [6.07, 6.45) is 2.32. The Labute approximate surface area is 82.5 Å². The van der Waals surface area contributed by atoms with E-state index >= 15 is 0 Å². The molecule has 0 atom stereocenters. The van der Waals surface area contributed by atoms with Gasteiger partial charge in [-0.15, -0.1) is 0 Å². The first-order chi connectivity index (χ1) is 6.84. The zero-order valence-electron chi connectivity index (χ0n) is 8.21. The number of rotatable bonds is 6. The highest BCUT2D eigenvalue weighted by Gasteiger charge is 2.06. The van der Waals surface area contributed by atoms with Crippen LogP contribution >= 0.6 is 0 Å². The lowest BCUT2D eigenvalue weighted by Crippen LogP contribution is -2.27. The summed E-state index contributed by atoms with van der Waals surface area (Å²) in [6, 6.07) is 0. The average Bonchev–Trinajstić information content (AvgIpc) is 2.70. The van der Waals surface area contributed by atoms with Gasteiger partial charge in [0.05, 0.1) is 6.20 Å². The van der Waals surface area contributed by atoms with Gasteiger partial charge in [0, 0.05) is 6.54 Å². The van der Waals surface area contributed by atoms with Gasteiger partial charge in [-0.05, 0) is 19.5 Å². The lowest BCUT2D eigenvalue weighted by atomic mass is 10.4. The van der Waals surface area contributed by atoms with Crippen LogP contribution in [0, 0.1) is 0 Å². The Morgan fingerprint density at radius 2 is 2.43 bits per heavy atom. The molecule has 0 aromatic carbocycles. The highest BCUT2D eigenvalue weighted by atomic mass is 16.1. The fourth-order valence-corrected chi connectivity index (χ4v) is 0.994. The highest BCUT2D eigenvalue weighted by Crippen LogP contribution is 1.87. The molecule has 1 aromatic heterocycles. The van der Waals surface area contributed by atoms with Crippen LogP contribution in [0.3, 0.4) is 0 Å². The molecule has 78 valence electrons. The van der Waals surface area contributed by atoms with E-state index in [9.17, 15) is 4.79 Å². The van der Waals surface area contributed by atoms with Crippen LogP contribution in [0.5, 0.6) is 0 Å². The Morgan fingerprint density at radius 3 is 3.07 bits per heavy atom. The minimum absolute atomic E-state index is 0.185. The minimum Gasteiger partial charge on any atom is -0.351 e. The number of aromatic amines is 1. The SMILES string of the molecule is CCNCCCNC(=O)c1cn[nH]n1. The molecule has 1 heterocycles. The Kier molecular flexibility index (Phi) is 4.63. The van der Waals surface area contributed by atoms with Crippen LogP contribution in [-0.2, 0) is 0 Å². The maximum absolute atomic E-state index is 11.3. The Bertz CT molecular complexity index is 259. The molecule has 14 heavy (non-hydrogen) atoms. The summed E-state index contributed by atoms with van der Waals surface area (Å²) in [7, 11) is 0. The molecule has 6 nitrogen and oxygen atoms in total. The summed E-state index contributed by atoms with van der Waals surface area (Å²) >= 11 is 0. The predicted octanol–water partition coefficient (Wildman–Crippen LogP) is -0.466. The lowest BCUT2D eigenvalue weighted by Gasteiger charge is -2.02. The van der Waals surface area contributed by atoms with Crippen LogP contribution in [-0.4, -0.2) is 41.0 Å². The molecule has 3 N–H and O–H groups in total. The standard InChI is InChI=1S/C8H15N5O/c1-2-9-4-3-5-10-8(14)7-6-11-13-12-7/h6,9H,2-5H2,1H3,(H,10,14)(H,11,12,13). The fraction of sp³-hybridized carbons (Fsp3) is 0.625. The van der Waals surface area contributed by atoms with Gasteiger partial charge >= 0.3 is 0 Å². The van der Waals surface area contributed by atoms with Gasteiger partial charge in [-0.25, -0.2) is 0 Å². The Balaban J connectivity index is 2.10. The van der Waals surface area contributed by atoms with Crippen molar-refractivity contribution in [2.75, 3.05) is 19.6 Å². The number of hydrogen-bond donors (Lipinski definition) is 3. The maximum atomic E-state index is 11.3. The maximum Gasteiger partial charge on any atom is 0.273 e. The summed E-state index contributed by atoms with van der Waals surface area (Å²) < 4.78 is 0. The van der Waals surface area contributed by atoms with Crippen molar-refractivity contribution in [1.82, 2.24) is 26.0 Å². The number of nitrogens with zero attached hydrogens (tertiary/aromatic N) is 2. The van der Waals surface area contributed by atoms with Gasteiger partial charge < -0.3 is 10.6 Å². The largest absolute Gasteiger partial charge is 0.351 e. The molecule has 0 fully saturated rings. The first kappa shape index (κ1) is 10.6. The second kappa shape index (κ2) is 6.09. The van der Waals surface area contributed by atoms with Crippen LogP contribution in [0.2, 0.25) is 0 Å². The number of carbonyl (C=O) groups is 1. The summed E-state index contributed by atoms with van der Waals surface area (Å²) in [4.78, 5) is 11.3. The van der Waals surface area contributed by atoms with Crippen molar-refractivity contribution in [3.05, 3.63) is 11.9 Å². The second-order valence-corrected chi connectivity index (χ2v) is 2.82. The summed E-state index contributed by atoms with van der Waals surface area (Å²) in [5.74, 6) is -0.185. The number of aromatic nitrogens is 3. The van der Waals surface area contributed by atoms with Gasteiger partial charge in [0.25, 0.3) is 5.91 Å². The Morgan fingerprint density at radius 1 is 1.57 bits per heavy atom. The van der Waals surface area contributed by atoms with Crippen molar-refractivity contribution < 1.29 is 4.79 Å². The quantitative estimate of drug-likeness (QED) is 0.539. The van der Waals surface area contributed by atoms with Gasteiger partial charge in [-0.2, -0.15) is 15.4 Å². The molecule has 1 amide bonds.